The Morgan fingerprint density at radius 2 is 1.73 bits per heavy atom. The summed E-state index contributed by atoms with van der Waals surface area (Å²) in [6.45, 7) is 8.34. The molecule has 0 spiro atoms. The van der Waals surface area contributed by atoms with E-state index in [1.165, 1.54) is 28.3 Å². The minimum Gasteiger partial charge on any atom is -0.354 e. The van der Waals surface area contributed by atoms with Gasteiger partial charge in [-0.15, -0.1) is 11.8 Å². The molecule has 0 saturated carbocycles. The van der Waals surface area contributed by atoms with Crippen LogP contribution in [0.3, 0.4) is 0 Å². The fourth-order valence-corrected chi connectivity index (χ4v) is 3.74. The van der Waals surface area contributed by atoms with Gasteiger partial charge in [-0.2, -0.15) is 0 Å². The van der Waals surface area contributed by atoms with Gasteiger partial charge in [-0.25, -0.2) is 4.39 Å². The zero-order chi connectivity index (χ0) is 22.1. The van der Waals surface area contributed by atoms with Crippen molar-refractivity contribution in [1.29, 1.82) is 0 Å². The van der Waals surface area contributed by atoms with E-state index in [1.54, 1.807) is 25.1 Å². The average Bonchev–Trinajstić information content (AvgIpc) is 2.72. The lowest BCUT2D eigenvalue weighted by Gasteiger charge is -2.29. The number of nitrogens with zero attached hydrogens (tertiary/aromatic N) is 1. The molecule has 0 aliphatic rings. The van der Waals surface area contributed by atoms with Gasteiger partial charge in [0.2, 0.25) is 11.8 Å². The molecule has 1 atom stereocenters. The van der Waals surface area contributed by atoms with Crippen LogP contribution in [0.1, 0.15) is 37.5 Å². The van der Waals surface area contributed by atoms with Crippen molar-refractivity contribution in [3.63, 3.8) is 0 Å². The minimum absolute atomic E-state index is 0.0624. The number of hydrogen-bond acceptors (Lipinski definition) is 3. The predicted molar refractivity (Wildman–Crippen MR) is 122 cm³/mol. The molecule has 0 aliphatic heterocycles. The van der Waals surface area contributed by atoms with Crippen LogP contribution < -0.4 is 5.32 Å². The zero-order valence-electron chi connectivity index (χ0n) is 18.2. The van der Waals surface area contributed by atoms with Gasteiger partial charge in [-0.1, -0.05) is 61.9 Å². The van der Waals surface area contributed by atoms with E-state index >= 15 is 0 Å². The summed E-state index contributed by atoms with van der Waals surface area (Å²) in [5.74, 6) is 0.455. The molecule has 0 fully saturated rings. The number of carbonyl (C=O) groups is 2. The van der Waals surface area contributed by atoms with Gasteiger partial charge >= 0.3 is 0 Å². The Morgan fingerprint density at radius 3 is 2.37 bits per heavy atom. The molecule has 0 unspecified atom stereocenters. The first-order chi connectivity index (χ1) is 14.3. The maximum Gasteiger partial charge on any atom is 0.242 e. The summed E-state index contributed by atoms with van der Waals surface area (Å²) in [6, 6.07) is 13.9. The topological polar surface area (TPSA) is 49.4 Å². The smallest absolute Gasteiger partial charge is 0.242 e. The number of rotatable bonds is 10. The van der Waals surface area contributed by atoms with Gasteiger partial charge in [-0.3, -0.25) is 9.59 Å². The van der Waals surface area contributed by atoms with E-state index < -0.39 is 6.04 Å². The summed E-state index contributed by atoms with van der Waals surface area (Å²) in [5, 5.41) is 2.87. The Balaban J connectivity index is 2.06. The van der Waals surface area contributed by atoms with Crippen LogP contribution in [0.5, 0.6) is 0 Å². The Hall–Kier alpha value is -2.34. The normalized spacial score (nSPS) is 11.9. The van der Waals surface area contributed by atoms with Gasteiger partial charge in [0.25, 0.3) is 0 Å². The van der Waals surface area contributed by atoms with Crippen molar-refractivity contribution in [1.82, 2.24) is 10.2 Å². The third-order valence-electron chi connectivity index (χ3n) is 4.77. The van der Waals surface area contributed by atoms with E-state index in [-0.39, 0.29) is 29.9 Å². The molecule has 0 radical (unpaired) electrons. The highest BCUT2D eigenvalue weighted by Crippen LogP contribution is 2.17. The second kappa shape index (κ2) is 11.7. The molecular formula is C24H31FN2O2S. The lowest BCUT2D eigenvalue weighted by molar-refractivity contribution is -0.138. The quantitative estimate of drug-likeness (QED) is 0.601. The van der Waals surface area contributed by atoms with Crippen molar-refractivity contribution < 1.29 is 14.0 Å². The van der Waals surface area contributed by atoms with Crippen LogP contribution in [-0.2, 0) is 21.9 Å². The fraction of sp³-hybridized carbons (Fsp3) is 0.417. The molecule has 0 aliphatic carbocycles. The lowest BCUT2D eigenvalue weighted by Crippen LogP contribution is -2.48. The summed E-state index contributed by atoms with van der Waals surface area (Å²) in [6.07, 6.45) is 0. The standard InChI is InChI=1S/C24H31FN2O2S/c1-17(2)13-26-24(29)19(4)27(14-21-7-5-6-8-22(21)25)23(28)16-30-15-20-11-9-18(3)10-12-20/h5-12,17,19H,13-16H2,1-4H3,(H,26,29)/t19-/m0/s1. The van der Waals surface area contributed by atoms with E-state index in [9.17, 15) is 14.0 Å². The first-order valence-electron chi connectivity index (χ1n) is 10.2. The molecule has 30 heavy (non-hydrogen) atoms. The molecule has 1 N–H and O–H groups in total. The highest BCUT2D eigenvalue weighted by molar-refractivity contribution is 7.99. The van der Waals surface area contributed by atoms with Gasteiger partial charge in [0.15, 0.2) is 0 Å². The van der Waals surface area contributed by atoms with Crippen LogP contribution in [0.15, 0.2) is 48.5 Å². The van der Waals surface area contributed by atoms with Gasteiger partial charge in [-0.05, 0) is 31.4 Å². The van der Waals surface area contributed by atoms with Crippen LogP contribution in [0, 0.1) is 18.7 Å². The fourth-order valence-electron chi connectivity index (χ4n) is 2.87. The number of aryl methyl sites for hydroxylation is 1. The summed E-state index contributed by atoms with van der Waals surface area (Å²) >= 11 is 1.49. The molecule has 2 aromatic carbocycles. The number of hydrogen-bond donors (Lipinski definition) is 1. The van der Waals surface area contributed by atoms with Crippen molar-refractivity contribution in [3.8, 4) is 0 Å². The second-order valence-electron chi connectivity index (χ2n) is 7.91. The highest BCUT2D eigenvalue weighted by atomic mass is 32.2. The third kappa shape index (κ3) is 7.48. The SMILES string of the molecule is Cc1ccc(CSCC(=O)N(Cc2ccccc2F)[C@@H](C)C(=O)NCC(C)C)cc1. The number of thioether (sulfide) groups is 1. The van der Waals surface area contributed by atoms with E-state index in [4.69, 9.17) is 0 Å². The maximum absolute atomic E-state index is 14.2. The lowest BCUT2D eigenvalue weighted by atomic mass is 10.1. The molecule has 2 aromatic rings. The van der Waals surface area contributed by atoms with Crippen molar-refractivity contribution in [2.45, 2.75) is 46.0 Å². The number of halogens is 1. The molecule has 0 aromatic heterocycles. The Bertz CT molecular complexity index is 839. The zero-order valence-corrected chi connectivity index (χ0v) is 19.0. The van der Waals surface area contributed by atoms with Gasteiger partial charge in [0, 0.05) is 24.4 Å². The van der Waals surface area contributed by atoms with Crippen LogP contribution >= 0.6 is 11.8 Å². The Labute approximate surface area is 183 Å². The first-order valence-corrected chi connectivity index (χ1v) is 11.4. The molecule has 2 amide bonds. The van der Waals surface area contributed by atoms with E-state index in [2.05, 4.69) is 5.32 Å². The minimum atomic E-state index is -0.684. The van der Waals surface area contributed by atoms with Crippen molar-refractivity contribution in [2.24, 2.45) is 5.92 Å². The summed E-state index contributed by atoms with van der Waals surface area (Å²) in [4.78, 5) is 27.0. The van der Waals surface area contributed by atoms with Crippen LogP contribution in [0.4, 0.5) is 4.39 Å². The predicted octanol–water partition coefficient (Wildman–Crippen LogP) is 4.56. The van der Waals surface area contributed by atoms with E-state index in [0.29, 0.717) is 23.8 Å². The Kier molecular flexibility index (Phi) is 9.37. The summed E-state index contributed by atoms with van der Waals surface area (Å²) in [7, 11) is 0. The van der Waals surface area contributed by atoms with Crippen molar-refractivity contribution >= 4 is 23.6 Å². The van der Waals surface area contributed by atoms with Crippen molar-refractivity contribution in [2.75, 3.05) is 12.3 Å². The largest absolute Gasteiger partial charge is 0.354 e. The maximum atomic E-state index is 14.2. The van der Waals surface area contributed by atoms with Gasteiger partial charge in [0.1, 0.15) is 11.9 Å². The van der Waals surface area contributed by atoms with Crippen LogP contribution in [-0.4, -0.2) is 35.1 Å². The Morgan fingerprint density at radius 1 is 1.07 bits per heavy atom. The van der Waals surface area contributed by atoms with Crippen LogP contribution in [0.2, 0.25) is 0 Å². The monoisotopic (exact) mass is 430 g/mol. The number of amides is 2. The van der Waals surface area contributed by atoms with Crippen LogP contribution in [0.25, 0.3) is 0 Å². The molecule has 0 heterocycles. The van der Waals surface area contributed by atoms with E-state index in [0.717, 1.165) is 5.56 Å². The molecule has 6 heteroatoms. The molecule has 4 nitrogen and oxygen atoms in total. The van der Waals surface area contributed by atoms with E-state index in [1.807, 2.05) is 45.0 Å². The third-order valence-corrected chi connectivity index (χ3v) is 5.75. The molecule has 2 rings (SSSR count). The number of nitrogens with one attached hydrogen (secondary N) is 1. The number of carbonyl (C=O) groups excluding carboxylic acids is 2. The number of benzene rings is 2. The second-order valence-corrected chi connectivity index (χ2v) is 8.89. The highest BCUT2D eigenvalue weighted by Gasteiger charge is 2.26. The summed E-state index contributed by atoms with van der Waals surface area (Å²) < 4.78 is 14.2. The molecule has 162 valence electrons. The van der Waals surface area contributed by atoms with Gasteiger partial charge in [0.05, 0.1) is 5.75 Å². The summed E-state index contributed by atoms with van der Waals surface area (Å²) in [5.41, 5.74) is 2.73. The van der Waals surface area contributed by atoms with Crippen molar-refractivity contribution in [3.05, 3.63) is 71.0 Å². The first kappa shape index (κ1) is 23.9. The molecule has 0 bridgehead atoms. The van der Waals surface area contributed by atoms with Gasteiger partial charge < -0.3 is 10.2 Å². The molecular weight excluding hydrogens is 399 g/mol. The molecule has 0 saturated heterocycles. The average molecular weight is 431 g/mol.